The lowest BCUT2D eigenvalue weighted by molar-refractivity contribution is 0.0689. The van der Waals surface area contributed by atoms with Crippen LogP contribution in [0.15, 0.2) is 23.1 Å². The quantitative estimate of drug-likeness (QED) is 0.935. The van der Waals surface area contributed by atoms with Gasteiger partial charge in [-0.05, 0) is 18.2 Å². The van der Waals surface area contributed by atoms with Crippen LogP contribution in [0.5, 0.6) is 11.5 Å². The van der Waals surface area contributed by atoms with E-state index in [-0.39, 0.29) is 5.69 Å². The number of hydrogen-bond acceptors (Lipinski definition) is 5. The molecule has 0 aliphatic carbocycles. The van der Waals surface area contributed by atoms with E-state index in [9.17, 15) is 4.79 Å². The Kier molecular flexibility index (Phi) is 3.06. The van der Waals surface area contributed by atoms with Crippen molar-refractivity contribution in [2.24, 2.45) is 7.05 Å². The van der Waals surface area contributed by atoms with E-state index in [1.54, 1.807) is 25.9 Å². The van der Waals surface area contributed by atoms with Gasteiger partial charge in [-0.1, -0.05) is 11.8 Å². The maximum atomic E-state index is 11.0. The molecular formula is C13H12N2O4S. The number of hydrogen-bond donors (Lipinski definition) is 1. The maximum absolute atomic E-state index is 11.0. The minimum absolute atomic E-state index is 0.000319. The molecule has 0 unspecified atom stereocenters. The minimum Gasteiger partial charge on any atom is -0.496 e. The van der Waals surface area contributed by atoms with E-state index in [1.165, 1.54) is 10.7 Å². The van der Waals surface area contributed by atoms with Crippen LogP contribution in [0, 0.1) is 0 Å². The third-order valence-electron chi connectivity index (χ3n) is 3.07. The zero-order valence-electron chi connectivity index (χ0n) is 10.9. The minimum atomic E-state index is -1.06. The van der Waals surface area contributed by atoms with Crippen LogP contribution in [0.25, 0.3) is 11.3 Å². The summed E-state index contributed by atoms with van der Waals surface area (Å²) in [5.41, 5.74) is 1.43. The number of aromatic carboxylic acids is 1. The normalized spacial score (nSPS) is 12.9. The number of fused-ring (bicyclic) bond motifs is 1. The Labute approximate surface area is 119 Å². The number of carboxylic acids is 1. The molecule has 20 heavy (non-hydrogen) atoms. The average Bonchev–Trinajstić information content (AvgIpc) is 3.02. The van der Waals surface area contributed by atoms with E-state index < -0.39 is 5.97 Å². The summed E-state index contributed by atoms with van der Waals surface area (Å²) in [6, 6.07) is 5.28. The summed E-state index contributed by atoms with van der Waals surface area (Å²) in [4.78, 5) is 12.0. The zero-order valence-corrected chi connectivity index (χ0v) is 11.7. The highest BCUT2D eigenvalue weighted by molar-refractivity contribution is 7.99. The van der Waals surface area contributed by atoms with Crippen LogP contribution in [-0.4, -0.2) is 33.9 Å². The topological polar surface area (TPSA) is 73.6 Å². The van der Waals surface area contributed by atoms with Gasteiger partial charge in [-0.3, -0.25) is 4.68 Å². The van der Waals surface area contributed by atoms with Crippen molar-refractivity contribution in [3.63, 3.8) is 0 Å². The average molecular weight is 292 g/mol. The number of rotatable bonds is 3. The fraction of sp³-hybridized carbons (Fsp3) is 0.231. The van der Waals surface area contributed by atoms with Crippen molar-refractivity contribution in [1.29, 1.82) is 0 Å². The van der Waals surface area contributed by atoms with Gasteiger partial charge in [-0.25, -0.2) is 4.79 Å². The van der Waals surface area contributed by atoms with Gasteiger partial charge in [0, 0.05) is 12.6 Å². The van der Waals surface area contributed by atoms with E-state index in [1.807, 2.05) is 12.1 Å². The zero-order chi connectivity index (χ0) is 14.3. The molecule has 0 radical (unpaired) electrons. The first-order valence-electron chi connectivity index (χ1n) is 5.85. The fourth-order valence-corrected chi connectivity index (χ4v) is 2.88. The molecule has 104 valence electrons. The molecule has 0 bridgehead atoms. The van der Waals surface area contributed by atoms with Crippen molar-refractivity contribution in [3.8, 4) is 22.8 Å². The highest BCUT2D eigenvalue weighted by Gasteiger charge is 2.21. The second-order valence-electron chi connectivity index (χ2n) is 4.25. The summed E-state index contributed by atoms with van der Waals surface area (Å²) in [6.07, 6.45) is 0. The second kappa shape index (κ2) is 4.75. The molecule has 0 amide bonds. The van der Waals surface area contributed by atoms with Crippen molar-refractivity contribution >= 4 is 17.7 Å². The summed E-state index contributed by atoms with van der Waals surface area (Å²) >= 11 is 1.60. The van der Waals surface area contributed by atoms with Crippen LogP contribution >= 0.6 is 11.8 Å². The number of ether oxygens (including phenoxy) is 2. The van der Waals surface area contributed by atoms with Gasteiger partial charge in [0.15, 0.2) is 5.69 Å². The van der Waals surface area contributed by atoms with E-state index in [4.69, 9.17) is 14.6 Å². The number of carbonyl (C=O) groups is 1. The van der Waals surface area contributed by atoms with Gasteiger partial charge in [-0.2, -0.15) is 5.10 Å². The second-order valence-corrected chi connectivity index (χ2v) is 5.21. The van der Waals surface area contributed by atoms with E-state index >= 15 is 0 Å². The first kappa shape index (κ1) is 12.9. The van der Waals surface area contributed by atoms with Crippen LogP contribution in [0.2, 0.25) is 0 Å². The van der Waals surface area contributed by atoms with E-state index in [0.29, 0.717) is 17.4 Å². The molecule has 1 N–H and O–H groups in total. The number of carboxylic acid groups (broad SMARTS) is 1. The molecule has 0 saturated heterocycles. The van der Waals surface area contributed by atoms with E-state index in [2.05, 4.69) is 5.10 Å². The Morgan fingerprint density at radius 1 is 1.50 bits per heavy atom. The van der Waals surface area contributed by atoms with E-state index in [0.717, 1.165) is 16.2 Å². The number of aromatic nitrogens is 2. The Hall–Kier alpha value is -2.15. The SMILES string of the molecule is COc1cc2c(cc1-c1cc(C(=O)O)nn1C)OCS2. The number of methoxy groups -OCH3 is 1. The summed E-state index contributed by atoms with van der Waals surface area (Å²) in [5, 5.41) is 13.0. The van der Waals surface area contributed by atoms with Crippen LogP contribution in [0.1, 0.15) is 10.5 Å². The van der Waals surface area contributed by atoms with Crippen LogP contribution in [-0.2, 0) is 7.05 Å². The molecule has 0 atom stereocenters. The monoisotopic (exact) mass is 292 g/mol. The predicted octanol–water partition coefficient (Wildman–Crippen LogP) is 2.24. The number of thioether (sulfide) groups is 1. The maximum Gasteiger partial charge on any atom is 0.356 e. The molecule has 7 heteroatoms. The molecule has 2 heterocycles. The highest BCUT2D eigenvalue weighted by atomic mass is 32.2. The fourth-order valence-electron chi connectivity index (χ4n) is 2.12. The standard InChI is InChI=1S/C13H12N2O4S/c1-15-9(4-8(14-15)13(16)17)7-3-11-12(20-6-19-11)5-10(7)18-2/h3-5H,6H2,1-2H3,(H,16,17). The molecule has 0 spiro atoms. The van der Waals surface area contributed by atoms with Crippen molar-refractivity contribution in [2.45, 2.75) is 4.90 Å². The van der Waals surface area contributed by atoms with Crippen molar-refractivity contribution in [1.82, 2.24) is 9.78 Å². The lowest BCUT2D eigenvalue weighted by atomic mass is 10.1. The lowest BCUT2D eigenvalue weighted by Crippen LogP contribution is -1.99. The number of benzene rings is 1. The Morgan fingerprint density at radius 2 is 2.30 bits per heavy atom. The molecule has 2 aromatic rings. The third kappa shape index (κ3) is 2.00. The van der Waals surface area contributed by atoms with Gasteiger partial charge in [0.25, 0.3) is 0 Å². The molecule has 1 aromatic heterocycles. The molecule has 1 aromatic carbocycles. The van der Waals surface area contributed by atoms with Gasteiger partial charge < -0.3 is 14.6 Å². The Bertz CT molecular complexity index is 696. The van der Waals surface area contributed by atoms with Crippen molar-refractivity contribution in [3.05, 3.63) is 23.9 Å². The van der Waals surface area contributed by atoms with Crippen LogP contribution in [0.4, 0.5) is 0 Å². The largest absolute Gasteiger partial charge is 0.496 e. The smallest absolute Gasteiger partial charge is 0.356 e. The van der Waals surface area contributed by atoms with Crippen LogP contribution in [0.3, 0.4) is 0 Å². The van der Waals surface area contributed by atoms with Gasteiger partial charge in [-0.15, -0.1) is 0 Å². The van der Waals surface area contributed by atoms with Gasteiger partial charge in [0.05, 0.1) is 17.7 Å². The van der Waals surface area contributed by atoms with Crippen molar-refractivity contribution < 1.29 is 19.4 Å². The Balaban J connectivity index is 2.16. The third-order valence-corrected chi connectivity index (χ3v) is 3.94. The predicted molar refractivity (Wildman–Crippen MR) is 73.5 cm³/mol. The highest BCUT2D eigenvalue weighted by Crippen LogP contribution is 2.43. The van der Waals surface area contributed by atoms with Gasteiger partial charge >= 0.3 is 5.97 Å². The lowest BCUT2D eigenvalue weighted by Gasteiger charge is -2.10. The molecule has 1 aliphatic heterocycles. The molecule has 6 nitrogen and oxygen atoms in total. The van der Waals surface area contributed by atoms with Crippen molar-refractivity contribution in [2.75, 3.05) is 13.0 Å². The first-order valence-corrected chi connectivity index (χ1v) is 6.84. The van der Waals surface area contributed by atoms with Gasteiger partial charge in [0.2, 0.25) is 0 Å². The number of nitrogens with zero attached hydrogens (tertiary/aromatic N) is 2. The summed E-state index contributed by atoms with van der Waals surface area (Å²) in [7, 11) is 3.28. The Morgan fingerprint density at radius 3 is 2.95 bits per heavy atom. The summed E-state index contributed by atoms with van der Waals surface area (Å²) in [5.74, 6) is 0.970. The molecular weight excluding hydrogens is 280 g/mol. The first-order chi connectivity index (χ1) is 9.60. The molecule has 0 saturated carbocycles. The summed E-state index contributed by atoms with van der Waals surface area (Å²) < 4.78 is 12.4. The molecule has 0 fully saturated rings. The molecule has 1 aliphatic rings. The van der Waals surface area contributed by atoms with Gasteiger partial charge in [0.1, 0.15) is 17.4 Å². The van der Waals surface area contributed by atoms with Crippen LogP contribution < -0.4 is 9.47 Å². The molecule has 3 rings (SSSR count). The summed E-state index contributed by atoms with van der Waals surface area (Å²) in [6.45, 7) is 0. The number of aryl methyl sites for hydroxylation is 1.